The van der Waals surface area contributed by atoms with Crippen LogP contribution >= 0.6 is 0 Å². The molecule has 1 aromatic heterocycles. The Morgan fingerprint density at radius 1 is 1.47 bits per heavy atom. The van der Waals surface area contributed by atoms with Crippen LogP contribution in [0.25, 0.3) is 10.9 Å². The van der Waals surface area contributed by atoms with Crippen LogP contribution in [-0.2, 0) is 11.2 Å². The molecule has 2 aromatic rings. The Bertz CT molecular complexity index is 542. The summed E-state index contributed by atoms with van der Waals surface area (Å²) in [6.45, 7) is 4.04. The molecular formula is C14H17NO2. The second-order valence-electron chi connectivity index (χ2n) is 4.77. The third-order valence-corrected chi connectivity index (χ3v) is 3.01. The fourth-order valence-electron chi connectivity index (χ4n) is 2.21. The highest BCUT2D eigenvalue weighted by atomic mass is 16.4. The predicted molar refractivity (Wildman–Crippen MR) is 68.2 cm³/mol. The lowest BCUT2D eigenvalue weighted by atomic mass is 9.97. The Labute approximate surface area is 100 Å². The lowest BCUT2D eigenvalue weighted by Gasteiger charge is -2.07. The molecule has 1 unspecified atom stereocenters. The summed E-state index contributed by atoms with van der Waals surface area (Å²) in [5.74, 6) is -0.569. The van der Waals surface area contributed by atoms with Gasteiger partial charge >= 0.3 is 5.97 Å². The van der Waals surface area contributed by atoms with E-state index in [2.05, 4.69) is 30.1 Å². The van der Waals surface area contributed by atoms with Gasteiger partial charge in [0.25, 0.3) is 0 Å². The summed E-state index contributed by atoms with van der Waals surface area (Å²) >= 11 is 0. The first kappa shape index (κ1) is 11.7. The second-order valence-corrected chi connectivity index (χ2v) is 4.77. The molecule has 0 aliphatic heterocycles. The van der Waals surface area contributed by atoms with Gasteiger partial charge in [-0.05, 0) is 37.0 Å². The molecule has 17 heavy (non-hydrogen) atoms. The first-order valence-corrected chi connectivity index (χ1v) is 5.84. The zero-order valence-electron chi connectivity index (χ0n) is 10.2. The van der Waals surface area contributed by atoms with E-state index < -0.39 is 5.97 Å². The number of carbonyl (C=O) groups is 1. The first-order valence-electron chi connectivity index (χ1n) is 5.84. The molecule has 0 radical (unpaired) electrons. The summed E-state index contributed by atoms with van der Waals surface area (Å²) in [7, 11) is 0. The number of aromatic amines is 1. The minimum atomic E-state index is -0.728. The number of aryl methyl sites for hydroxylation is 1. The lowest BCUT2D eigenvalue weighted by Crippen LogP contribution is -2.06. The summed E-state index contributed by atoms with van der Waals surface area (Å²) in [6.07, 6.45) is 3.01. The molecule has 0 saturated heterocycles. The second kappa shape index (κ2) is 4.62. The van der Waals surface area contributed by atoms with Crippen LogP contribution < -0.4 is 0 Å². The van der Waals surface area contributed by atoms with Crippen molar-refractivity contribution in [2.45, 2.75) is 26.7 Å². The van der Waals surface area contributed by atoms with Crippen molar-refractivity contribution >= 4 is 16.9 Å². The minimum Gasteiger partial charge on any atom is -0.481 e. The van der Waals surface area contributed by atoms with E-state index in [1.54, 1.807) is 0 Å². The van der Waals surface area contributed by atoms with Crippen LogP contribution in [0.3, 0.4) is 0 Å². The highest BCUT2D eigenvalue weighted by Gasteiger charge is 2.11. The fraction of sp³-hybridized carbons (Fsp3) is 0.357. The Balaban J connectivity index is 2.24. The number of nitrogens with one attached hydrogen (secondary N) is 1. The number of aromatic nitrogens is 1. The van der Waals surface area contributed by atoms with Gasteiger partial charge < -0.3 is 10.1 Å². The standard InChI is InChI=1S/C14H17NO2/c1-9-3-4-13-12(6-9)11(8-15-13)5-10(2)7-14(16)17/h3-4,6,8,10,15H,5,7H2,1-2H3,(H,16,17). The van der Waals surface area contributed by atoms with Gasteiger partial charge in [0.1, 0.15) is 0 Å². The molecule has 0 bridgehead atoms. The van der Waals surface area contributed by atoms with Crippen molar-refractivity contribution in [1.82, 2.24) is 4.98 Å². The summed E-state index contributed by atoms with van der Waals surface area (Å²) in [5.41, 5.74) is 3.55. The molecule has 3 nitrogen and oxygen atoms in total. The average molecular weight is 231 g/mol. The van der Waals surface area contributed by atoms with E-state index in [9.17, 15) is 4.79 Å². The van der Waals surface area contributed by atoms with Gasteiger partial charge in [-0.25, -0.2) is 0 Å². The van der Waals surface area contributed by atoms with Crippen molar-refractivity contribution in [2.24, 2.45) is 5.92 Å². The molecule has 1 aromatic carbocycles. The smallest absolute Gasteiger partial charge is 0.303 e. The largest absolute Gasteiger partial charge is 0.481 e. The molecule has 0 amide bonds. The van der Waals surface area contributed by atoms with Crippen LogP contribution in [0.15, 0.2) is 24.4 Å². The average Bonchev–Trinajstić information content (AvgIpc) is 2.60. The summed E-state index contributed by atoms with van der Waals surface area (Å²) in [4.78, 5) is 13.9. The Hall–Kier alpha value is -1.77. The molecule has 2 N–H and O–H groups in total. The number of hydrogen-bond donors (Lipinski definition) is 2. The van der Waals surface area contributed by atoms with Crippen molar-refractivity contribution in [3.05, 3.63) is 35.5 Å². The molecule has 0 aliphatic rings. The van der Waals surface area contributed by atoms with Gasteiger partial charge in [-0.15, -0.1) is 0 Å². The Kier molecular flexibility index (Phi) is 3.18. The molecular weight excluding hydrogens is 214 g/mol. The van der Waals surface area contributed by atoms with Gasteiger partial charge in [-0.3, -0.25) is 4.79 Å². The fourth-order valence-corrected chi connectivity index (χ4v) is 2.21. The third-order valence-electron chi connectivity index (χ3n) is 3.01. The molecule has 2 rings (SSSR count). The quantitative estimate of drug-likeness (QED) is 0.849. The normalized spacial score (nSPS) is 12.8. The number of benzene rings is 1. The van der Waals surface area contributed by atoms with E-state index in [-0.39, 0.29) is 12.3 Å². The van der Waals surface area contributed by atoms with Gasteiger partial charge in [0, 0.05) is 23.5 Å². The SMILES string of the molecule is Cc1ccc2[nH]cc(CC(C)CC(=O)O)c2c1. The minimum absolute atomic E-state index is 0.159. The Morgan fingerprint density at radius 3 is 2.94 bits per heavy atom. The van der Waals surface area contributed by atoms with Crippen LogP contribution in [0, 0.1) is 12.8 Å². The number of fused-ring (bicyclic) bond motifs is 1. The van der Waals surface area contributed by atoms with Gasteiger partial charge in [0.05, 0.1) is 0 Å². The zero-order valence-corrected chi connectivity index (χ0v) is 10.2. The number of carboxylic acid groups (broad SMARTS) is 1. The molecule has 90 valence electrons. The molecule has 0 spiro atoms. The number of H-pyrrole nitrogens is 1. The molecule has 0 aliphatic carbocycles. The van der Waals surface area contributed by atoms with Crippen molar-refractivity contribution in [1.29, 1.82) is 0 Å². The van der Waals surface area contributed by atoms with E-state index in [1.165, 1.54) is 16.5 Å². The predicted octanol–water partition coefficient (Wildman–Crippen LogP) is 3.13. The Morgan fingerprint density at radius 2 is 2.24 bits per heavy atom. The van der Waals surface area contributed by atoms with E-state index in [4.69, 9.17) is 5.11 Å². The van der Waals surface area contributed by atoms with Crippen LogP contribution in [-0.4, -0.2) is 16.1 Å². The van der Waals surface area contributed by atoms with E-state index in [1.807, 2.05) is 13.1 Å². The maximum Gasteiger partial charge on any atom is 0.303 e. The third kappa shape index (κ3) is 2.67. The van der Waals surface area contributed by atoms with Gasteiger partial charge in [0.2, 0.25) is 0 Å². The van der Waals surface area contributed by atoms with Crippen molar-refractivity contribution in [2.75, 3.05) is 0 Å². The lowest BCUT2D eigenvalue weighted by molar-refractivity contribution is -0.137. The van der Waals surface area contributed by atoms with Gasteiger partial charge in [-0.1, -0.05) is 18.6 Å². The van der Waals surface area contributed by atoms with E-state index in [0.29, 0.717) is 0 Å². The zero-order chi connectivity index (χ0) is 12.4. The van der Waals surface area contributed by atoms with Crippen LogP contribution in [0.4, 0.5) is 0 Å². The van der Waals surface area contributed by atoms with Crippen molar-refractivity contribution < 1.29 is 9.90 Å². The summed E-state index contributed by atoms with van der Waals surface area (Å²) < 4.78 is 0. The maximum absolute atomic E-state index is 10.6. The van der Waals surface area contributed by atoms with Crippen molar-refractivity contribution in [3.63, 3.8) is 0 Å². The number of rotatable bonds is 4. The number of hydrogen-bond acceptors (Lipinski definition) is 1. The van der Waals surface area contributed by atoms with Crippen LogP contribution in [0.2, 0.25) is 0 Å². The van der Waals surface area contributed by atoms with E-state index in [0.717, 1.165) is 11.9 Å². The van der Waals surface area contributed by atoms with Gasteiger partial charge in [0.15, 0.2) is 0 Å². The number of carboxylic acids is 1. The molecule has 1 atom stereocenters. The van der Waals surface area contributed by atoms with E-state index >= 15 is 0 Å². The molecule has 0 saturated carbocycles. The molecule has 3 heteroatoms. The topological polar surface area (TPSA) is 53.1 Å². The molecule has 0 fully saturated rings. The molecule has 1 heterocycles. The summed E-state index contributed by atoms with van der Waals surface area (Å²) in [6, 6.07) is 6.29. The highest BCUT2D eigenvalue weighted by Crippen LogP contribution is 2.23. The highest BCUT2D eigenvalue weighted by molar-refractivity contribution is 5.83. The maximum atomic E-state index is 10.6. The van der Waals surface area contributed by atoms with Crippen molar-refractivity contribution in [3.8, 4) is 0 Å². The summed E-state index contributed by atoms with van der Waals surface area (Å²) in [5, 5.41) is 9.97. The van der Waals surface area contributed by atoms with Crippen LogP contribution in [0.1, 0.15) is 24.5 Å². The number of aliphatic carboxylic acids is 1. The van der Waals surface area contributed by atoms with Crippen LogP contribution in [0.5, 0.6) is 0 Å². The van der Waals surface area contributed by atoms with Gasteiger partial charge in [-0.2, -0.15) is 0 Å². The first-order chi connectivity index (χ1) is 8.06. The monoisotopic (exact) mass is 231 g/mol.